The maximum Gasteiger partial charge on any atom is 0.0343 e. The van der Waals surface area contributed by atoms with Gasteiger partial charge in [0.2, 0.25) is 0 Å². The predicted molar refractivity (Wildman–Crippen MR) is 65.0 cm³/mol. The minimum absolute atomic E-state index is 0.0121. The van der Waals surface area contributed by atoms with Crippen molar-refractivity contribution in [1.29, 1.82) is 0 Å². The Hall–Kier alpha value is -1.32. The van der Waals surface area contributed by atoms with E-state index in [1.54, 1.807) is 0 Å². The minimum atomic E-state index is 0.0121. The average molecular weight is 208 g/mol. The normalized spacial score (nSPS) is 52.7. The van der Waals surface area contributed by atoms with Crippen molar-refractivity contribution in [3.8, 4) is 37.0 Å². The fourth-order valence-electron chi connectivity index (χ4n) is 4.92. The molecule has 0 heteroatoms. The van der Waals surface area contributed by atoms with Gasteiger partial charge in [0.25, 0.3) is 0 Å². The van der Waals surface area contributed by atoms with Crippen molar-refractivity contribution in [2.75, 3.05) is 0 Å². The van der Waals surface area contributed by atoms with E-state index >= 15 is 0 Å². The second-order valence-electron chi connectivity index (χ2n) is 6.28. The summed E-state index contributed by atoms with van der Waals surface area (Å²) < 4.78 is 0. The molecule has 0 nitrogen and oxygen atoms in total. The highest BCUT2D eigenvalue weighted by molar-refractivity contribution is 5.31. The van der Waals surface area contributed by atoms with Gasteiger partial charge in [-0.2, -0.15) is 0 Å². The van der Waals surface area contributed by atoms with Gasteiger partial charge in [-0.3, -0.25) is 0 Å². The molecule has 0 aliphatic heterocycles. The van der Waals surface area contributed by atoms with Crippen LogP contribution < -0.4 is 0 Å². The van der Waals surface area contributed by atoms with Gasteiger partial charge < -0.3 is 0 Å². The fourth-order valence-corrected chi connectivity index (χ4v) is 4.92. The first-order valence-corrected chi connectivity index (χ1v) is 6.02. The predicted octanol–water partition coefficient (Wildman–Crippen LogP) is 2.84. The van der Waals surface area contributed by atoms with Crippen molar-refractivity contribution >= 4 is 0 Å². The van der Waals surface area contributed by atoms with E-state index in [1.165, 1.54) is 0 Å². The van der Waals surface area contributed by atoms with E-state index in [2.05, 4.69) is 17.8 Å². The largest absolute Gasteiger partial charge is 0.120 e. The van der Waals surface area contributed by atoms with Crippen molar-refractivity contribution < 1.29 is 0 Å². The molecule has 0 unspecified atom stereocenters. The zero-order valence-electron chi connectivity index (χ0n) is 9.55. The third-order valence-electron chi connectivity index (χ3n) is 4.99. The topological polar surface area (TPSA) is 0 Å². The Morgan fingerprint density at radius 1 is 0.688 bits per heavy atom. The molecule has 0 aromatic rings. The van der Waals surface area contributed by atoms with E-state index in [0.717, 1.165) is 38.5 Å². The zero-order valence-corrected chi connectivity index (χ0v) is 9.55. The molecule has 0 saturated heterocycles. The summed E-state index contributed by atoms with van der Waals surface area (Å²) in [6.45, 7) is 0. The molecule has 4 aliphatic rings. The SMILES string of the molecule is C#CC12CC3CC(C#C)(C1)CC(C#C)(C3)C2. The van der Waals surface area contributed by atoms with Crippen LogP contribution >= 0.6 is 0 Å². The molecule has 0 N–H and O–H groups in total. The first-order chi connectivity index (χ1) is 7.59. The Labute approximate surface area is 98.2 Å². The summed E-state index contributed by atoms with van der Waals surface area (Å²) in [7, 11) is 0. The van der Waals surface area contributed by atoms with Gasteiger partial charge in [0.15, 0.2) is 0 Å². The Kier molecular flexibility index (Phi) is 1.65. The fraction of sp³-hybridized carbons (Fsp3) is 0.625. The second-order valence-corrected chi connectivity index (χ2v) is 6.28. The molecule has 0 amide bonds. The Morgan fingerprint density at radius 2 is 1.00 bits per heavy atom. The lowest BCUT2D eigenvalue weighted by molar-refractivity contribution is -0.0835. The van der Waals surface area contributed by atoms with Crippen LogP contribution in [0.25, 0.3) is 0 Å². The quantitative estimate of drug-likeness (QED) is 0.537. The van der Waals surface area contributed by atoms with Gasteiger partial charge in [-0.15, -0.1) is 19.3 Å². The van der Waals surface area contributed by atoms with Crippen molar-refractivity contribution in [3.05, 3.63) is 0 Å². The molecule has 0 spiro atoms. The molecular formula is C16H16. The average Bonchev–Trinajstić information content (AvgIpc) is 2.28. The summed E-state index contributed by atoms with van der Waals surface area (Å²) >= 11 is 0. The Bertz CT molecular complexity index is 382. The summed E-state index contributed by atoms with van der Waals surface area (Å²) in [5, 5.41) is 0. The summed E-state index contributed by atoms with van der Waals surface area (Å²) in [5.41, 5.74) is 0.0362. The van der Waals surface area contributed by atoms with Gasteiger partial charge in [0.05, 0.1) is 0 Å². The van der Waals surface area contributed by atoms with Crippen LogP contribution in [0.1, 0.15) is 38.5 Å². The lowest BCUT2D eigenvalue weighted by atomic mass is 9.40. The van der Waals surface area contributed by atoms with Gasteiger partial charge in [-0.25, -0.2) is 0 Å². The molecule has 80 valence electrons. The van der Waals surface area contributed by atoms with Crippen LogP contribution in [0, 0.1) is 59.2 Å². The summed E-state index contributed by atoms with van der Waals surface area (Å²) in [4.78, 5) is 0. The Morgan fingerprint density at radius 3 is 1.25 bits per heavy atom. The monoisotopic (exact) mass is 208 g/mol. The van der Waals surface area contributed by atoms with E-state index in [0.29, 0.717) is 5.92 Å². The molecular weight excluding hydrogens is 192 g/mol. The van der Waals surface area contributed by atoms with Crippen LogP contribution in [0.4, 0.5) is 0 Å². The number of hydrogen-bond acceptors (Lipinski definition) is 0. The third-order valence-corrected chi connectivity index (χ3v) is 4.99. The number of rotatable bonds is 0. The van der Waals surface area contributed by atoms with E-state index in [-0.39, 0.29) is 16.2 Å². The van der Waals surface area contributed by atoms with Crippen molar-refractivity contribution in [3.63, 3.8) is 0 Å². The van der Waals surface area contributed by atoms with E-state index in [4.69, 9.17) is 19.3 Å². The lowest BCUT2D eigenvalue weighted by Gasteiger charge is -2.62. The van der Waals surface area contributed by atoms with E-state index < -0.39 is 0 Å². The molecule has 4 bridgehead atoms. The van der Waals surface area contributed by atoms with Gasteiger partial charge in [0.1, 0.15) is 0 Å². The maximum atomic E-state index is 5.77. The van der Waals surface area contributed by atoms with Crippen molar-refractivity contribution in [2.45, 2.75) is 38.5 Å². The van der Waals surface area contributed by atoms with E-state index in [9.17, 15) is 0 Å². The van der Waals surface area contributed by atoms with Crippen LogP contribution in [0.5, 0.6) is 0 Å². The molecule has 0 aromatic heterocycles. The van der Waals surface area contributed by atoms with Crippen LogP contribution in [-0.2, 0) is 0 Å². The molecule has 0 radical (unpaired) electrons. The van der Waals surface area contributed by atoms with Crippen LogP contribution in [0.15, 0.2) is 0 Å². The Balaban J connectivity index is 2.12. The smallest absolute Gasteiger partial charge is 0.0343 e. The minimum Gasteiger partial charge on any atom is -0.120 e. The molecule has 4 saturated carbocycles. The lowest BCUT2D eigenvalue weighted by Crippen LogP contribution is -2.55. The number of terminal acetylenes is 3. The maximum absolute atomic E-state index is 5.77. The molecule has 0 aromatic carbocycles. The molecule has 0 heterocycles. The van der Waals surface area contributed by atoms with Crippen LogP contribution in [0.3, 0.4) is 0 Å². The van der Waals surface area contributed by atoms with Crippen molar-refractivity contribution in [2.24, 2.45) is 22.2 Å². The molecule has 4 fully saturated rings. The van der Waals surface area contributed by atoms with Crippen LogP contribution in [-0.4, -0.2) is 0 Å². The van der Waals surface area contributed by atoms with Gasteiger partial charge in [-0.1, -0.05) is 17.8 Å². The van der Waals surface area contributed by atoms with E-state index in [1.807, 2.05) is 0 Å². The molecule has 4 rings (SSSR count). The summed E-state index contributed by atoms with van der Waals surface area (Å²) in [6.07, 6.45) is 23.8. The molecule has 4 aliphatic carbocycles. The van der Waals surface area contributed by atoms with Crippen LogP contribution in [0.2, 0.25) is 0 Å². The second kappa shape index (κ2) is 2.67. The van der Waals surface area contributed by atoms with Gasteiger partial charge in [0, 0.05) is 16.2 Å². The highest BCUT2D eigenvalue weighted by atomic mass is 14.6. The zero-order chi connectivity index (χ0) is 11.4. The highest BCUT2D eigenvalue weighted by Crippen LogP contribution is 2.69. The molecule has 16 heavy (non-hydrogen) atoms. The number of hydrogen-bond donors (Lipinski definition) is 0. The molecule has 0 atom stereocenters. The first kappa shape index (κ1) is 9.87. The standard InChI is InChI=1S/C16H16/c1-4-14-7-13-8-15(5-2,10-14)12-16(6-3,9-13)11-14/h1-3,13H,7-12H2. The summed E-state index contributed by atoms with van der Waals surface area (Å²) in [5.74, 6) is 9.78. The summed E-state index contributed by atoms with van der Waals surface area (Å²) in [6, 6.07) is 0. The first-order valence-electron chi connectivity index (χ1n) is 6.02. The van der Waals surface area contributed by atoms with Gasteiger partial charge >= 0.3 is 0 Å². The van der Waals surface area contributed by atoms with Crippen molar-refractivity contribution in [1.82, 2.24) is 0 Å². The third kappa shape index (κ3) is 1.05. The van der Waals surface area contributed by atoms with Gasteiger partial charge in [-0.05, 0) is 44.4 Å². The highest BCUT2D eigenvalue weighted by Gasteiger charge is 2.62.